The van der Waals surface area contributed by atoms with Crippen LogP contribution in [-0.2, 0) is 6.42 Å². The highest BCUT2D eigenvalue weighted by atomic mass is 16.2. The van der Waals surface area contributed by atoms with E-state index in [0.717, 1.165) is 23.4 Å². The molecular weight excluding hydrogens is 344 g/mol. The largest absolute Gasteiger partial charge is 0.360 e. The van der Waals surface area contributed by atoms with Crippen molar-refractivity contribution in [1.82, 2.24) is 0 Å². The van der Waals surface area contributed by atoms with E-state index in [1.165, 1.54) is 11.1 Å². The lowest BCUT2D eigenvalue weighted by atomic mass is 9.99. The highest BCUT2D eigenvalue weighted by molar-refractivity contribution is 6.12. The number of nitrogens with zero attached hydrogens (tertiary/aromatic N) is 1. The van der Waals surface area contributed by atoms with Crippen LogP contribution in [0.4, 0.5) is 11.4 Å². The van der Waals surface area contributed by atoms with Crippen molar-refractivity contribution in [2.75, 3.05) is 10.2 Å². The number of hydrogen-bond acceptors (Lipinski definition) is 2. The fourth-order valence-electron chi connectivity index (χ4n) is 3.71. The molecule has 0 saturated heterocycles. The number of hydrogen-bond donors (Lipinski definition) is 1. The van der Waals surface area contributed by atoms with E-state index in [4.69, 9.17) is 0 Å². The third-order valence-electron chi connectivity index (χ3n) is 5.47. The van der Waals surface area contributed by atoms with E-state index in [1.807, 2.05) is 29.2 Å². The number of aryl methyl sites for hydroxylation is 1. The third-order valence-corrected chi connectivity index (χ3v) is 5.47. The zero-order chi connectivity index (χ0) is 19.7. The van der Waals surface area contributed by atoms with E-state index < -0.39 is 0 Å². The van der Waals surface area contributed by atoms with Gasteiger partial charge in [-0.15, -0.1) is 0 Å². The minimum Gasteiger partial charge on any atom is -0.360 e. The molecule has 3 aromatic carbocycles. The Balaban J connectivity index is 1.79. The van der Waals surface area contributed by atoms with Crippen LogP contribution in [-0.4, -0.2) is 5.91 Å². The summed E-state index contributed by atoms with van der Waals surface area (Å²) in [6, 6.07) is 24.6. The van der Waals surface area contributed by atoms with Crippen molar-refractivity contribution in [3.8, 4) is 0 Å². The van der Waals surface area contributed by atoms with Crippen molar-refractivity contribution in [2.45, 2.75) is 39.3 Å². The van der Waals surface area contributed by atoms with Crippen molar-refractivity contribution in [3.05, 3.63) is 95.1 Å². The lowest BCUT2D eigenvalue weighted by Crippen LogP contribution is -2.43. The SMILES string of the molecule is CCc1ccc([C@H]2Nc3ccccc3C(=O)N2c2ccc(C(C)C)cc2)cc1. The minimum atomic E-state index is -0.238. The summed E-state index contributed by atoms with van der Waals surface area (Å²) in [5, 5.41) is 3.57. The smallest absolute Gasteiger partial charge is 0.262 e. The van der Waals surface area contributed by atoms with E-state index in [2.05, 4.69) is 74.6 Å². The van der Waals surface area contributed by atoms with Crippen molar-refractivity contribution in [1.29, 1.82) is 0 Å². The molecule has 0 radical (unpaired) electrons. The van der Waals surface area contributed by atoms with Gasteiger partial charge in [-0.1, -0.05) is 69.3 Å². The zero-order valence-electron chi connectivity index (χ0n) is 16.6. The Morgan fingerprint density at radius 3 is 2.25 bits per heavy atom. The number of carbonyl (C=O) groups is 1. The molecule has 0 aromatic heterocycles. The second-order valence-corrected chi connectivity index (χ2v) is 7.61. The Morgan fingerprint density at radius 2 is 1.61 bits per heavy atom. The maximum absolute atomic E-state index is 13.4. The quantitative estimate of drug-likeness (QED) is 0.598. The summed E-state index contributed by atoms with van der Waals surface area (Å²) in [5.41, 5.74) is 6.13. The Hall–Kier alpha value is -3.07. The topological polar surface area (TPSA) is 32.3 Å². The molecule has 0 saturated carbocycles. The van der Waals surface area contributed by atoms with Crippen LogP contribution in [0, 0.1) is 0 Å². The average molecular weight is 370 g/mol. The maximum atomic E-state index is 13.4. The zero-order valence-corrected chi connectivity index (χ0v) is 16.6. The molecule has 4 rings (SSSR count). The third kappa shape index (κ3) is 3.29. The van der Waals surface area contributed by atoms with E-state index in [0.29, 0.717) is 11.5 Å². The summed E-state index contributed by atoms with van der Waals surface area (Å²) >= 11 is 0. The summed E-state index contributed by atoms with van der Waals surface area (Å²) in [6.45, 7) is 6.50. The Bertz CT molecular complexity index is 974. The molecule has 0 bridgehead atoms. The first-order valence-corrected chi connectivity index (χ1v) is 9.96. The predicted octanol–water partition coefficient (Wildman–Crippen LogP) is 6.14. The fraction of sp³-hybridized carbons (Fsp3) is 0.240. The molecule has 1 aliphatic rings. The number of benzene rings is 3. The molecule has 28 heavy (non-hydrogen) atoms. The standard InChI is InChI=1S/C25H26N2O/c1-4-18-9-11-20(12-10-18)24-26-23-8-6-5-7-22(23)25(28)27(24)21-15-13-19(14-16-21)17(2)3/h5-17,24,26H,4H2,1-3H3/t24-/m0/s1. The van der Waals surface area contributed by atoms with Gasteiger partial charge in [0.25, 0.3) is 5.91 Å². The minimum absolute atomic E-state index is 0.0243. The van der Waals surface area contributed by atoms with Crippen molar-refractivity contribution in [3.63, 3.8) is 0 Å². The van der Waals surface area contributed by atoms with E-state index in [-0.39, 0.29) is 12.1 Å². The van der Waals surface area contributed by atoms with Gasteiger partial charge in [-0.3, -0.25) is 9.69 Å². The molecular formula is C25H26N2O. The Labute approximate surface area is 167 Å². The molecule has 1 heterocycles. The molecule has 0 fully saturated rings. The van der Waals surface area contributed by atoms with Gasteiger partial charge in [0.1, 0.15) is 6.17 Å². The van der Waals surface area contributed by atoms with Crippen molar-refractivity contribution < 1.29 is 4.79 Å². The summed E-state index contributed by atoms with van der Waals surface area (Å²) < 4.78 is 0. The molecule has 1 atom stereocenters. The normalized spacial score (nSPS) is 16.1. The van der Waals surface area contributed by atoms with Crippen molar-refractivity contribution in [2.24, 2.45) is 0 Å². The first-order valence-electron chi connectivity index (χ1n) is 9.96. The highest BCUT2D eigenvalue weighted by Gasteiger charge is 2.33. The van der Waals surface area contributed by atoms with Gasteiger partial charge >= 0.3 is 0 Å². The average Bonchev–Trinajstić information content (AvgIpc) is 2.74. The number of fused-ring (bicyclic) bond motifs is 1. The van der Waals surface area contributed by atoms with Crippen LogP contribution in [0.2, 0.25) is 0 Å². The highest BCUT2D eigenvalue weighted by Crippen LogP contribution is 2.37. The van der Waals surface area contributed by atoms with Gasteiger partial charge in [-0.25, -0.2) is 0 Å². The monoisotopic (exact) mass is 370 g/mol. The lowest BCUT2D eigenvalue weighted by Gasteiger charge is -2.38. The van der Waals surface area contributed by atoms with Crippen LogP contribution in [0.15, 0.2) is 72.8 Å². The van der Waals surface area contributed by atoms with Crippen LogP contribution in [0.5, 0.6) is 0 Å². The van der Waals surface area contributed by atoms with Gasteiger partial charge in [0.2, 0.25) is 0 Å². The molecule has 1 N–H and O–H groups in total. The molecule has 0 unspecified atom stereocenters. The summed E-state index contributed by atoms with van der Waals surface area (Å²) in [4.78, 5) is 15.3. The number of rotatable bonds is 4. The summed E-state index contributed by atoms with van der Waals surface area (Å²) in [7, 11) is 0. The molecule has 1 aliphatic heterocycles. The molecule has 3 heteroatoms. The molecule has 142 valence electrons. The second kappa shape index (κ2) is 7.51. The maximum Gasteiger partial charge on any atom is 0.262 e. The van der Waals surface area contributed by atoms with E-state index in [9.17, 15) is 4.79 Å². The Morgan fingerprint density at radius 1 is 0.929 bits per heavy atom. The lowest BCUT2D eigenvalue weighted by molar-refractivity contribution is 0.0975. The molecule has 1 amide bonds. The van der Waals surface area contributed by atoms with Gasteiger partial charge in [0.15, 0.2) is 0 Å². The number of nitrogens with one attached hydrogen (secondary N) is 1. The van der Waals surface area contributed by atoms with E-state index >= 15 is 0 Å². The van der Waals surface area contributed by atoms with Crippen LogP contribution < -0.4 is 10.2 Å². The van der Waals surface area contributed by atoms with Crippen LogP contribution >= 0.6 is 0 Å². The summed E-state index contributed by atoms with van der Waals surface area (Å²) in [5.74, 6) is 0.485. The summed E-state index contributed by atoms with van der Waals surface area (Å²) in [6.07, 6.45) is 0.763. The van der Waals surface area contributed by atoms with Crippen LogP contribution in [0.1, 0.15) is 59.9 Å². The Kier molecular flexibility index (Phi) is 4.91. The van der Waals surface area contributed by atoms with Crippen LogP contribution in [0.25, 0.3) is 0 Å². The molecule has 3 aromatic rings. The van der Waals surface area contributed by atoms with Crippen molar-refractivity contribution >= 4 is 17.3 Å². The number of carbonyl (C=O) groups excluding carboxylic acids is 1. The van der Waals surface area contributed by atoms with Gasteiger partial charge in [0.05, 0.1) is 5.56 Å². The molecule has 0 aliphatic carbocycles. The number of amides is 1. The predicted molar refractivity (Wildman–Crippen MR) is 116 cm³/mol. The molecule has 0 spiro atoms. The first kappa shape index (κ1) is 18.3. The van der Waals surface area contributed by atoms with Gasteiger partial charge in [0, 0.05) is 11.4 Å². The first-order chi connectivity index (χ1) is 13.6. The second-order valence-electron chi connectivity index (χ2n) is 7.61. The van der Waals surface area contributed by atoms with Gasteiger partial charge in [-0.2, -0.15) is 0 Å². The van der Waals surface area contributed by atoms with Crippen LogP contribution in [0.3, 0.4) is 0 Å². The van der Waals surface area contributed by atoms with E-state index in [1.54, 1.807) is 0 Å². The fourth-order valence-corrected chi connectivity index (χ4v) is 3.71. The molecule has 3 nitrogen and oxygen atoms in total. The number of anilines is 2. The van der Waals surface area contributed by atoms with Gasteiger partial charge in [-0.05, 0) is 53.3 Å². The number of para-hydroxylation sites is 1. The van der Waals surface area contributed by atoms with Gasteiger partial charge < -0.3 is 5.32 Å².